The monoisotopic (exact) mass is 219 g/mol. The van der Waals surface area contributed by atoms with Crippen LogP contribution in [-0.2, 0) is 6.54 Å². The molecule has 0 atom stereocenters. The Kier molecular flexibility index (Phi) is 2.76. The first-order chi connectivity index (χ1) is 7.86. The number of nitrogens with zero attached hydrogens (tertiary/aromatic N) is 2. The van der Waals surface area contributed by atoms with Crippen molar-refractivity contribution in [3.63, 3.8) is 0 Å². The van der Waals surface area contributed by atoms with Crippen LogP contribution in [0.2, 0.25) is 0 Å². The Morgan fingerprint density at radius 2 is 1.62 bits per heavy atom. The molecule has 3 fully saturated rings. The van der Waals surface area contributed by atoms with Gasteiger partial charge in [0.15, 0.2) is 0 Å². The van der Waals surface area contributed by atoms with Crippen LogP contribution in [0.25, 0.3) is 0 Å². The van der Waals surface area contributed by atoms with E-state index in [-0.39, 0.29) is 0 Å². The number of aryl methyl sites for hydroxylation is 1. The van der Waals surface area contributed by atoms with E-state index >= 15 is 0 Å². The third-order valence-electron chi connectivity index (χ3n) is 4.75. The molecule has 1 aromatic heterocycles. The summed E-state index contributed by atoms with van der Waals surface area (Å²) in [7, 11) is 0. The van der Waals surface area contributed by atoms with Crippen molar-refractivity contribution in [2.75, 3.05) is 26.2 Å². The summed E-state index contributed by atoms with van der Waals surface area (Å²) in [6, 6.07) is 4.25. The van der Waals surface area contributed by atoms with E-state index in [0.717, 1.165) is 5.92 Å². The molecule has 3 aliphatic heterocycles. The van der Waals surface area contributed by atoms with Crippen LogP contribution >= 0.6 is 0 Å². The Hall–Kier alpha value is -0.760. The molecule has 88 valence electrons. The standard InChI is InChI=1S/C14H23N2/c1-2-8-15(7-1)9-3-10-16-11-4-14(5-12-16)6-13-16/h1-2,7-8,14H,3-6,9-13H2/q+1. The maximum atomic E-state index is 2.31. The zero-order chi connectivity index (χ0) is 10.8. The van der Waals surface area contributed by atoms with Crippen LogP contribution in [0.5, 0.6) is 0 Å². The van der Waals surface area contributed by atoms with Gasteiger partial charge in [-0.1, -0.05) is 0 Å². The number of quaternary nitrogens is 1. The molecule has 2 bridgehead atoms. The van der Waals surface area contributed by atoms with Gasteiger partial charge in [0.1, 0.15) is 0 Å². The van der Waals surface area contributed by atoms with E-state index in [0.29, 0.717) is 0 Å². The lowest BCUT2D eigenvalue weighted by Gasteiger charge is -2.49. The van der Waals surface area contributed by atoms with Crippen molar-refractivity contribution in [1.29, 1.82) is 0 Å². The van der Waals surface area contributed by atoms with Crippen molar-refractivity contribution in [2.45, 2.75) is 32.2 Å². The summed E-state index contributed by atoms with van der Waals surface area (Å²) in [5.41, 5.74) is 0. The topological polar surface area (TPSA) is 4.93 Å². The van der Waals surface area contributed by atoms with Gasteiger partial charge in [0.25, 0.3) is 0 Å². The molecule has 4 heterocycles. The maximum absolute atomic E-state index is 2.31. The molecule has 4 rings (SSSR count). The van der Waals surface area contributed by atoms with Gasteiger partial charge in [0, 0.05) is 25.4 Å². The lowest BCUT2D eigenvalue weighted by Crippen LogP contribution is -2.58. The van der Waals surface area contributed by atoms with Crippen molar-refractivity contribution >= 4 is 0 Å². The predicted octanol–water partition coefficient (Wildman–Crippen LogP) is 2.51. The smallest absolute Gasteiger partial charge is 0.0803 e. The van der Waals surface area contributed by atoms with Crippen LogP contribution in [0.3, 0.4) is 0 Å². The Balaban J connectivity index is 1.50. The molecule has 1 aromatic rings. The number of hydrogen-bond acceptors (Lipinski definition) is 0. The van der Waals surface area contributed by atoms with Gasteiger partial charge in [-0.3, -0.25) is 0 Å². The number of aromatic nitrogens is 1. The van der Waals surface area contributed by atoms with E-state index < -0.39 is 0 Å². The quantitative estimate of drug-likeness (QED) is 0.686. The van der Waals surface area contributed by atoms with Gasteiger partial charge in [-0.2, -0.15) is 0 Å². The van der Waals surface area contributed by atoms with Gasteiger partial charge in [0.05, 0.1) is 26.2 Å². The minimum Gasteiger partial charge on any atom is -0.354 e. The third kappa shape index (κ3) is 2.03. The summed E-state index contributed by atoms with van der Waals surface area (Å²) in [5, 5.41) is 0. The minimum atomic E-state index is 1.09. The van der Waals surface area contributed by atoms with Gasteiger partial charge >= 0.3 is 0 Å². The van der Waals surface area contributed by atoms with Crippen LogP contribution in [0, 0.1) is 5.92 Å². The van der Waals surface area contributed by atoms with Gasteiger partial charge in [0.2, 0.25) is 0 Å². The second-order valence-electron chi connectivity index (χ2n) is 5.74. The molecule has 0 saturated carbocycles. The average Bonchev–Trinajstić information content (AvgIpc) is 2.84. The molecule has 0 aliphatic carbocycles. The van der Waals surface area contributed by atoms with E-state index in [1.165, 1.54) is 62.9 Å². The molecular weight excluding hydrogens is 196 g/mol. The molecule has 2 heteroatoms. The summed E-state index contributed by atoms with van der Waals surface area (Å²) in [6.45, 7) is 7.02. The van der Waals surface area contributed by atoms with Crippen LogP contribution in [0.15, 0.2) is 24.5 Å². The van der Waals surface area contributed by atoms with E-state index in [1.807, 2.05) is 0 Å². The molecule has 0 spiro atoms. The van der Waals surface area contributed by atoms with Gasteiger partial charge in [-0.25, -0.2) is 0 Å². The highest BCUT2D eigenvalue weighted by molar-refractivity contribution is 4.90. The summed E-state index contributed by atoms with van der Waals surface area (Å²) < 4.78 is 3.76. The second-order valence-corrected chi connectivity index (χ2v) is 5.74. The second kappa shape index (κ2) is 4.25. The largest absolute Gasteiger partial charge is 0.354 e. The third-order valence-corrected chi connectivity index (χ3v) is 4.75. The zero-order valence-electron chi connectivity index (χ0n) is 10.1. The summed E-state index contributed by atoms with van der Waals surface area (Å²) >= 11 is 0. The van der Waals surface area contributed by atoms with Crippen molar-refractivity contribution in [3.05, 3.63) is 24.5 Å². The van der Waals surface area contributed by atoms with E-state index in [4.69, 9.17) is 0 Å². The van der Waals surface area contributed by atoms with Crippen molar-refractivity contribution in [3.8, 4) is 0 Å². The Morgan fingerprint density at radius 3 is 2.25 bits per heavy atom. The number of fused-ring (bicyclic) bond motifs is 3. The summed E-state index contributed by atoms with van der Waals surface area (Å²) in [6.07, 6.45) is 10.2. The van der Waals surface area contributed by atoms with Gasteiger partial charge in [-0.15, -0.1) is 0 Å². The highest BCUT2D eigenvalue weighted by Gasteiger charge is 2.38. The van der Waals surface area contributed by atoms with E-state index in [9.17, 15) is 0 Å². The van der Waals surface area contributed by atoms with Crippen LogP contribution in [-0.4, -0.2) is 35.2 Å². The first-order valence-electron chi connectivity index (χ1n) is 6.82. The minimum absolute atomic E-state index is 1.09. The van der Waals surface area contributed by atoms with Gasteiger partial charge in [-0.05, 0) is 37.3 Å². The molecule has 16 heavy (non-hydrogen) atoms. The molecule has 2 nitrogen and oxygen atoms in total. The average molecular weight is 219 g/mol. The summed E-state index contributed by atoms with van der Waals surface area (Å²) in [4.78, 5) is 0. The van der Waals surface area contributed by atoms with Crippen molar-refractivity contribution in [2.24, 2.45) is 5.92 Å². The normalized spacial score (nSPS) is 33.1. The first kappa shape index (κ1) is 10.4. The highest BCUT2D eigenvalue weighted by Crippen LogP contribution is 2.33. The van der Waals surface area contributed by atoms with Crippen LogP contribution in [0.4, 0.5) is 0 Å². The number of rotatable bonds is 4. The number of hydrogen-bond donors (Lipinski definition) is 0. The van der Waals surface area contributed by atoms with E-state index in [2.05, 4.69) is 29.1 Å². The fourth-order valence-corrected chi connectivity index (χ4v) is 3.58. The van der Waals surface area contributed by atoms with Crippen molar-refractivity contribution in [1.82, 2.24) is 4.57 Å². The molecule has 0 amide bonds. The molecule has 0 aromatic carbocycles. The fraction of sp³-hybridized carbons (Fsp3) is 0.714. The van der Waals surface area contributed by atoms with E-state index in [1.54, 1.807) is 0 Å². The molecule has 3 aliphatic rings. The Morgan fingerprint density at radius 1 is 1.00 bits per heavy atom. The highest BCUT2D eigenvalue weighted by atomic mass is 15.4. The molecule has 3 saturated heterocycles. The zero-order valence-corrected chi connectivity index (χ0v) is 10.1. The molecule has 0 N–H and O–H groups in total. The number of piperidine rings is 3. The lowest BCUT2D eigenvalue weighted by molar-refractivity contribution is -0.942. The molecular formula is C14H23N2+. The van der Waals surface area contributed by atoms with Gasteiger partial charge < -0.3 is 9.05 Å². The lowest BCUT2D eigenvalue weighted by atomic mass is 9.85. The van der Waals surface area contributed by atoms with Crippen LogP contribution < -0.4 is 0 Å². The molecule has 0 unspecified atom stereocenters. The molecule has 0 radical (unpaired) electrons. The van der Waals surface area contributed by atoms with Crippen LogP contribution in [0.1, 0.15) is 25.7 Å². The first-order valence-corrected chi connectivity index (χ1v) is 6.82. The van der Waals surface area contributed by atoms with Crippen molar-refractivity contribution < 1.29 is 4.48 Å². The maximum Gasteiger partial charge on any atom is 0.0803 e. The SMILES string of the molecule is c1ccn(CCC[N+]23CCC(CC2)CC3)c1. The fourth-order valence-electron chi connectivity index (χ4n) is 3.58. The Labute approximate surface area is 98.5 Å². The predicted molar refractivity (Wildman–Crippen MR) is 66.1 cm³/mol. The summed E-state index contributed by atoms with van der Waals surface area (Å²) in [5.74, 6) is 1.09. The Bertz CT molecular complexity index is 307.